The molecule has 1 unspecified atom stereocenters. The first-order valence-corrected chi connectivity index (χ1v) is 5.61. The van der Waals surface area contributed by atoms with Crippen LogP contribution in [0.2, 0.25) is 0 Å². The first-order valence-electron chi connectivity index (χ1n) is 5.61. The van der Waals surface area contributed by atoms with Crippen molar-refractivity contribution >= 4 is 5.97 Å². The zero-order chi connectivity index (χ0) is 11.8. The van der Waals surface area contributed by atoms with Crippen molar-refractivity contribution in [3.05, 3.63) is 29.6 Å². The minimum atomic E-state index is -0.403. The van der Waals surface area contributed by atoms with Gasteiger partial charge in [0.2, 0.25) is 0 Å². The standard InChI is InChI=1S/C13H17NO2/c1-13(2,3)16-12(15)10-7-9-5-4-6-14-11(9)8-10/h4-6,10H,7-8H2,1-3H3. The Kier molecular flexibility index (Phi) is 2.70. The summed E-state index contributed by atoms with van der Waals surface area (Å²) >= 11 is 0. The van der Waals surface area contributed by atoms with E-state index in [1.165, 1.54) is 5.56 Å². The maximum Gasteiger partial charge on any atom is 0.310 e. The molecule has 86 valence electrons. The Labute approximate surface area is 95.8 Å². The molecular weight excluding hydrogens is 202 g/mol. The van der Waals surface area contributed by atoms with Crippen molar-refractivity contribution in [2.75, 3.05) is 0 Å². The molecule has 0 N–H and O–H groups in total. The summed E-state index contributed by atoms with van der Waals surface area (Å²) in [5.41, 5.74) is 1.82. The van der Waals surface area contributed by atoms with E-state index in [4.69, 9.17) is 4.74 Å². The van der Waals surface area contributed by atoms with Gasteiger partial charge in [0.1, 0.15) is 5.60 Å². The van der Waals surface area contributed by atoms with Gasteiger partial charge in [0, 0.05) is 18.3 Å². The number of carbonyl (C=O) groups excluding carboxylic acids is 1. The van der Waals surface area contributed by atoms with Gasteiger partial charge in [-0.1, -0.05) is 6.07 Å². The van der Waals surface area contributed by atoms with Gasteiger partial charge in [-0.2, -0.15) is 0 Å². The highest BCUT2D eigenvalue weighted by atomic mass is 16.6. The molecule has 16 heavy (non-hydrogen) atoms. The van der Waals surface area contributed by atoms with Gasteiger partial charge in [-0.05, 0) is 38.8 Å². The molecule has 0 fully saturated rings. The van der Waals surface area contributed by atoms with E-state index in [9.17, 15) is 4.79 Å². The molecule has 1 aliphatic carbocycles. The molecule has 1 aromatic heterocycles. The Morgan fingerprint density at radius 3 is 2.81 bits per heavy atom. The smallest absolute Gasteiger partial charge is 0.310 e. The highest BCUT2D eigenvalue weighted by Gasteiger charge is 2.31. The second-order valence-corrected chi connectivity index (χ2v) is 5.25. The molecule has 0 amide bonds. The first-order chi connectivity index (χ1) is 7.46. The summed E-state index contributed by atoms with van der Waals surface area (Å²) in [4.78, 5) is 16.2. The molecule has 0 saturated carbocycles. The zero-order valence-electron chi connectivity index (χ0n) is 9.99. The lowest BCUT2D eigenvalue weighted by Crippen LogP contribution is -2.29. The molecule has 0 aliphatic heterocycles. The molecule has 1 aromatic rings. The number of nitrogens with zero attached hydrogens (tertiary/aromatic N) is 1. The van der Waals surface area contributed by atoms with Crippen LogP contribution in [0.15, 0.2) is 18.3 Å². The zero-order valence-corrected chi connectivity index (χ0v) is 9.99. The lowest BCUT2D eigenvalue weighted by Gasteiger charge is -2.21. The summed E-state index contributed by atoms with van der Waals surface area (Å²) < 4.78 is 5.39. The van der Waals surface area contributed by atoms with Crippen LogP contribution < -0.4 is 0 Å². The molecule has 2 rings (SSSR count). The van der Waals surface area contributed by atoms with Crippen molar-refractivity contribution in [3.8, 4) is 0 Å². The number of esters is 1. The molecular formula is C13H17NO2. The quantitative estimate of drug-likeness (QED) is 0.679. The van der Waals surface area contributed by atoms with Crippen molar-refractivity contribution < 1.29 is 9.53 Å². The Balaban J connectivity index is 2.04. The van der Waals surface area contributed by atoms with Crippen LogP contribution >= 0.6 is 0 Å². The minimum Gasteiger partial charge on any atom is -0.460 e. The molecule has 0 radical (unpaired) electrons. The molecule has 0 saturated heterocycles. The average Bonchev–Trinajstić information content (AvgIpc) is 2.58. The van der Waals surface area contributed by atoms with E-state index in [1.807, 2.05) is 32.9 Å². The predicted molar refractivity (Wildman–Crippen MR) is 61.0 cm³/mol. The van der Waals surface area contributed by atoms with Crippen LogP contribution in [-0.2, 0) is 22.4 Å². The molecule has 1 aliphatic rings. The third kappa shape index (κ3) is 2.40. The number of aromatic nitrogens is 1. The monoisotopic (exact) mass is 219 g/mol. The van der Waals surface area contributed by atoms with Crippen LogP contribution in [0.1, 0.15) is 32.0 Å². The van der Waals surface area contributed by atoms with Crippen molar-refractivity contribution in [1.29, 1.82) is 0 Å². The number of rotatable bonds is 1. The molecule has 1 atom stereocenters. The summed E-state index contributed by atoms with van der Waals surface area (Å²) in [7, 11) is 0. The van der Waals surface area contributed by atoms with Crippen molar-refractivity contribution in [1.82, 2.24) is 4.98 Å². The third-order valence-electron chi connectivity index (χ3n) is 2.63. The van der Waals surface area contributed by atoms with Gasteiger partial charge in [-0.3, -0.25) is 9.78 Å². The summed E-state index contributed by atoms with van der Waals surface area (Å²) in [5, 5.41) is 0. The topological polar surface area (TPSA) is 39.2 Å². The molecule has 3 heteroatoms. The fourth-order valence-electron chi connectivity index (χ4n) is 1.96. The lowest BCUT2D eigenvalue weighted by molar-refractivity contribution is -0.159. The average molecular weight is 219 g/mol. The van der Waals surface area contributed by atoms with Crippen LogP contribution in [0.4, 0.5) is 0 Å². The van der Waals surface area contributed by atoms with E-state index in [0.717, 1.165) is 12.1 Å². The van der Waals surface area contributed by atoms with Crippen LogP contribution in [-0.4, -0.2) is 16.6 Å². The van der Waals surface area contributed by atoms with Gasteiger partial charge in [-0.15, -0.1) is 0 Å². The Morgan fingerprint density at radius 1 is 1.44 bits per heavy atom. The molecule has 1 heterocycles. The number of fused-ring (bicyclic) bond motifs is 1. The minimum absolute atomic E-state index is 0.0517. The first kappa shape index (κ1) is 11.1. The normalized spacial score (nSPS) is 19.3. The number of carbonyl (C=O) groups is 1. The number of hydrogen-bond acceptors (Lipinski definition) is 3. The highest BCUT2D eigenvalue weighted by molar-refractivity contribution is 5.74. The number of hydrogen-bond donors (Lipinski definition) is 0. The number of ether oxygens (including phenoxy) is 1. The van der Waals surface area contributed by atoms with Crippen molar-refractivity contribution in [2.45, 2.75) is 39.2 Å². The van der Waals surface area contributed by atoms with Gasteiger partial charge in [0.05, 0.1) is 5.92 Å². The van der Waals surface area contributed by atoms with E-state index in [2.05, 4.69) is 4.98 Å². The summed E-state index contributed by atoms with van der Waals surface area (Å²) in [6.07, 6.45) is 3.25. The second-order valence-electron chi connectivity index (χ2n) is 5.25. The Bertz CT molecular complexity index is 382. The van der Waals surface area contributed by atoms with Crippen LogP contribution in [0.5, 0.6) is 0 Å². The Hall–Kier alpha value is -1.38. The highest BCUT2D eigenvalue weighted by Crippen LogP contribution is 2.26. The Morgan fingerprint density at radius 2 is 2.19 bits per heavy atom. The lowest BCUT2D eigenvalue weighted by atomic mass is 10.1. The molecule has 0 aromatic carbocycles. The molecule has 0 spiro atoms. The van der Waals surface area contributed by atoms with E-state index < -0.39 is 5.60 Å². The maximum atomic E-state index is 11.9. The fourth-order valence-corrected chi connectivity index (χ4v) is 1.96. The van der Waals surface area contributed by atoms with Crippen LogP contribution in [0.3, 0.4) is 0 Å². The summed E-state index contributed by atoms with van der Waals surface area (Å²) in [6.45, 7) is 5.68. The second kappa shape index (κ2) is 3.89. The van der Waals surface area contributed by atoms with Gasteiger partial charge >= 0.3 is 5.97 Å². The largest absolute Gasteiger partial charge is 0.460 e. The third-order valence-corrected chi connectivity index (χ3v) is 2.63. The van der Waals surface area contributed by atoms with Gasteiger partial charge in [0.15, 0.2) is 0 Å². The maximum absolute atomic E-state index is 11.9. The van der Waals surface area contributed by atoms with Crippen molar-refractivity contribution in [3.63, 3.8) is 0 Å². The van der Waals surface area contributed by atoms with Crippen LogP contribution in [0, 0.1) is 5.92 Å². The predicted octanol–water partition coefficient (Wildman–Crippen LogP) is 2.14. The van der Waals surface area contributed by atoms with Gasteiger partial charge < -0.3 is 4.74 Å². The van der Waals surface area contributed by atoms with E-state index in [1.54, 1.807) is 6.20 Å². The van der Waals surface area contributed by atoms with Gasteiger partial charge in [0.25, 0.3) is 0 Å². The summed E-state index contributed by atoms with van der Waals surface area (Å²) in [6, 6.07) is 3.95. The molecule has 3 nitrogen and oxygen atoms in total. The van der Waals surface area contributed by atoms with E-state index >= 15 is 0 Å². The SMILES string of the molecule is CC(C)(C)OC(=O)C1Cc2cccnc2C1. The number of pyridine rings is 1. The van der Waals surface area contributed by atoms with Crippen LogP contribution in [0.25, 0.3) is 0 Å². The molecule has 0 bridgehead atoms. The fraction of sp³-hybridized carbons (Fsp3) is 0.538. The van der Waals surface area contributed by atoms with E-state index in [-0.39, 0.29) is 11.9 Å². The van der Waals surface area contributed by atoms with E-state index in [0.29, 0.717) is 6.42 Å². The van der Waals surface area contributed by atoms with Gasteiger partial charge in [-0.25, -0.2) is 0 Å². The summed E-state index contributed by atoms with van der Waals surface area (Å²) in [5.74, 6) is -0.158. The van der Waals surface area contributed by atoms with Crippen molar-refractivity contribution in [2.24, 2.45) is 5.92 Å².